The largest absolute Gasteiger partial charge is 0.390 e. The molecule has 2 N–H and O–H groups in total. The van der Waals surface area contributed by atoms with Crippen LogP contribution < -0.4 is 0 Å². The number of halogens is 1. The third kappa shape index (κ3) is 2.52. The molecule has 0 aliphatic carbocycles. The molecule has 0 aromatic carbocycles. The van der Waals surface area contributed by atoms with Crippen LogP contribution in [0.4, 0.5) is 0 Å². The Kier molecular flexibility index (Phi) is 4.14. The Labute approximate surface area is 83.2 Å². The Morgan fingerprint density at radius 2 is 2.33 bits per heavy atom. The second kappa shape index (κ2) is 4.91. The van der Waals surface area contributed by atoms with E-state index in [-0.39, 0.29) is 0 Å². The Morgan fingerprint density at radius 1 is 1.58 bits per heavy atom. The average Bonchev–Trinajstić information content (AvgIpc) is 2.55. The number of nitrogens with zero attached hydrogens (tertiary/aromatic N) is 1. The van der Waals surface area contributed by atoms with Gasteiger partial charge in [-0.25, -0.2) is 4.98 Å². The van der Waals surface area contributed by atoms with Crippen molar-refractivity contribution in [3.8, 4) is 0 Å². The smallest absolute Gasteiger partial charge is 0.123 e. The summed E-state index contributed by atoms with van der Waals surface area (Å²) in [4.78, 5) is 3.91. The molecule has 2 unspecified atom stereocenters. The van der Waals surface area contributed by atoms with Crippen LogP contribution in [-0.4, -0.2) is 26.6 Å². The average molecular weight is 252 g/mol. The van der Waals surface area contributed by atoms with Gasteiger partial charge in [0, 0.05) is 10.7 Å². The van der Waals surface area contributed by atoms with Crippen molar-refractivity contribution in [2.24, 2.45) is 0 Å². The second-order valence-corrected chi connectivity index (χ2v) is 3.91. The van der Waals surface area contributed by atoms with Crippen molar-refractivity contribution in [1.29, 1.82) is 0 Å². The van der Waals surface area contributed by atoms with Gasteiger partial charge in [-0.15, -0.1) is 11.3 Å². The van der Waals surface area contributed by atoms with Crippen LogP contribution in [-0.2, 0) is 0 Å². The quantitative estimate of drug-likeness (QED) is 0.795. The zero-order chi connectivity index (χ0) is 8.97. The highest BCUT2D eigenvalue weighted by Crippen LogP contribution is 2.18. The van der Waals surface area contributed by atoms with E-state index in [0.717, 1.165) is 0 Å². The highest BCUT2D eigenvalue weighted by molar-refractivity contribution is 9.09. The van der Waals surface area contributed by atoms with Crippen LogP contribution >= 0.6 is 27.3 Å². The van der Waals surface area contributed by atoms with Crippen molar-refractivity contribution in [3.05, 3.63) is 16.6 Å². The third-order valence-corrected chi connectivity index (χ3v) is 2.59. The van der Waals surface area contributed by atoms with Gasteiger partial charge in [-0.3, -0.25) is 0 Å². The summed E-state index contributed by atoms with van der Waals surface area (Å²) in [6.45, 7) is 0. The fourth-order valence-corrected chi connectivity index (χ4v) is 1.89. The van der Waals surface area contributed by atoms with E-state index in [0.29, 0.717) is 17.4 Å². The molecule has 68 valence electrons. The van der Waals surface area contributed by atoms with Gasteiger partial charge in [-0.2, -0.15) is 0 Å². The summed E-state index contributed by atoms with van der Waals surface area (Å²) in [6.07, 6.45) is -1.06. The Balaban J connectivity index is 2.53. The van der Waals surface area contributed by atoms with E-state index in [2.05, 4.69) is 20.9 Å². The van der Waals surface area contributed by atoms with Crippen LogP contribution in [0.5, 0.6) is 0 Å². The van der Waals surface area contributed by atoms with E-state index in [4.69, 9.17) is 0 Å². The standard InChI is InChI=1S/C7H10BrNO2S/c8-2-1-6(10)7(11)5-3-12-4-9-5/h3-4,6-7,10-11H,1-2H2. The minimum atomic E-state index is -0.853. The predicted molar refractivity (Wildman–Crippen MR) is 51.5 cm³/mol. The van der Waals surface area contributed by atoms with Crippen molar-refractivity contribution in [3.63, 3.8) is 0 Å². The molecule has 0 saturated heterocycles. The summed E-state index contributed by atoms with van der Waals surface area (Å²) in [5, 5.41) is 21.3. The zero-order valence-corrected chi connectivity index (χ0v) is 8.75. The summed E-state index contributed by atoms with van der Waals surface area (Å²) in [6, 6.07) is 0. The lowest BCUT2D eigenvalue weighted by Crippen LogP contribution is -2.18. The van der Waals surface area contributed by atoms with E-state index in [1.54, 1.807) is 10.9 Å². The molecular formula is C7H10BrNO2S. The van der Waals surface area contributed by atoms with Gasteiger partial charge in [0.25, 0.3) is 0 Å². The summed E-state index contributed by atoms with van der Waals surface area (Å²) in [5.41, 5.74) is 2.19. The summed E-state index contributed by atoms with van der Waals surface area (Å²) in [7, 11) is 0. The topological polar surface area (TPSA) is 53.4 Å². The molecular weight excluding hydrogens is 242 g/mol. The number of rotatable bonds is 4. The first-order valence-electron chi connectivity index (χ1n) is 3.56. The molecule has 0 spiro atoms. The summed E-state index contributed by atoms with van der Waals surface area (Å²) < 4.78 is 0. The maximum Gasteiger partial charge on any atom is 0.123 e. The zero-order valence-electron chi connectivity index (χ0n) is 6.35. The minimum Gasteiger partial charge on any atom is -0.390 e. The molecule has 1 heterocycles. The monoisotopic (exact) mass is 251 g/mol. The number of hydrogen-bond acceptors (Lipinski definition) is 4. The first kappa shape index (κ1) is 10.1. The van der Waals surface area contributed by atoms with E-state index in [1.807, 2.05) is 0 Å². The second-order valence-electron chi connectivity index (χ2n) is 2.40. The predicted octanol–water partition coefficient (Wildman–Crippen LogP) is 1.32. The molecule has 5 heteroatoms. The lowest BCUT2D eigenvalue weighted by molar-refractivity contribution is 0.0151. The van der Waals surface area contributed by atoms with Crippen molar-refractivity contribution in [2.75, 3.05) is 5.33 Å². The normalized spacial score (nSPS) is 15.9. The molecule has 2 atom stereocenters. The molecule has 1 rings (SSSR count). The SMILES string of the molecule is OC(CCBr)C(O)c1cscn1. The summed E-state index contributed by atoms with van der Waals surface area (Å²) >= 11 is 4.60. The van der Waals surface area contributed by atoms with Gasteiger partial charge >= 0.3 is 0 Å². The van der Waals surface area contributed by atoms with Gasteiger partial charge in [0.1, 0.15) is 6.10 Å². The summed E-state index contributed by atoms with van der Waals surface area (Å²) in [5.74, 6) is 0. The van der Waals surface area contributed by atoms with Gasteiger partial charge in [0.15, 0.2) is 0 Å². The lowest BCUT2D eigenvalue weighted by atomic mass is 10.1. The Hall–Kier alpha value is 0.0300. The Bertz CT molecular complexity index is 217. The maximum absolute atomic E-state index is 9.48. The van der Waals surface area contributed by atoms with Crippen LogP contribution in [0.2, 0.25) is 0 Å². The fraction of sp³-hybridized carbons (Fsp3) is 0.571. The minimum absolute atomic E-state index is 0.526. The number of hydrogen-bond donors (Lipinski definition) is 2. The van der Waals surface area contributed by atoms with E-state index >= 15 is 0 Å². The Morgan fingerprint density at radius 3 is 2.83 bits per heavy atom. The van der Waals surface area contributed by atoms with Crippen LogP contribution in [0.25, 0.3) is 0 Å². The molecule has 0 saturated carbocycles. The van der Waals surface area contributed by atoms with E-state index in [9.17, 15) is 10.2 Å². The molecule has 0 aliphatic rings. The first-order chi connectivity index (χ1) is 5.75. The molecule has 0 bridgehead atoms. The fourth-order valence-electron chi connectivity index (χ4n) is 0.835. The lowest BCUT2D eigenvalue weighted by Gasteiger charge is -2.14. The highest BCUT2D eigenvalue weighted by atomic mass is 79.9. The number of aromatic nitrogens is 1. The van der Waals surface area contributed by atoms with Gasteiger partial charge in [-0.05, 0) is 6.42 Å². The number of aliphatic hydroxyl groups excluding tert-OH is 2. The van der Waals surface area contributed by atoms with Crippen LogP contribution in [0, 0.1) is 0 Å². The van der Waals surface area contributed by atoms with Crippen LogP contribution in [0.15, 0.2) is 10.9 Å². The molecule has 3 nitrogen and oxygen atoms in total. The molecule has 0 radical (unpaired) electrons. The number of thiazole rings is 1. The van der Waals surface area contributed by atoms with Crippen molar-refractivity contribution >= 4 is 27.3 Å². The van der Waals surface area contributed by atoms with Crippen molar-refractivity contribution in [2.45, 2.75) is 18.6 Å². The third-order valence-electron chi connectivity index (χ3n) is 1.52. The molecule has 1 aromatic heterocycles. The maximum atomic E-state index is 9.48. The van der Waals surface area contributed by atoms with Gasteiger partial charge in [0.2, 0.25) is 0 Å². The van der Waals surface area contributed by atoms with Crippen LogP contribution in [0.3, 0.4) is 0 Å². The molecule has 1 aromatic rings. The van der Waals surface area contributed by atoms with Gasteiger partial charge in [-0.1, -0.05) is 15.9 Å². The molecule has 12 heavy (non-hydrogen) atoms. The van der Waals surface area contributed by atoms with E-state index in [1.165, 1.54) is 11.3 Å². The number of aliphatic hydroxyl groups is 2. The molecule has 0 aliphatic heterocycles. The van der Waals surface area contributed by atoms with Crippen LogP contribution in [0.1, 0.15) is 18.2 Å². The molecule has 0 fully saturated rings. The van der Waals surface area contributed by atoms with Gasteiger partial charge in [0.05, 0.1) is 17.3 Å². The number of alkyl halides is 1. The molecule has 0 amide bonds. The highest BCUT2D eigenvalue weighted by Gasteiger charge is 2.18. The van der Waals surface area contributed by atoms with Gasteiger partial charge < -0.3 is 10.2 Å². The first-order valence-corrected chi connectivity index (χ1v) is 5.62. The van der Waals surface area contributed by atoms with Crippen molar-refractivity contribution < 1.29 is 10.2 Å². The van der Waals surface area contributed by atoms with E-state index < -0.39 is 12.2 Å². The van der Waals surface area contributed by atoms with Crippen molar-refractivity contribution in [1.82, 2.24) is 4.98 Å².